The van der Waals surface area contributed by atoms with Crippen LogP contribution < -0.4 is 15.8 Å². The molecule has 0 unspecified atom stereocenters. The molecule has 3 heteroatoms. The molecule has 1 aromatic carbocycles. The summed E-state index contributed by atoms with van der Waals surface area (Å²) in [5, 5.41) is 3.24. The quantitative estimate of drug-likeness (QED) is 0.752. The molecule has 0 aliphatic carbocycles. The van der Waals surface area contributed by atoms with Crippen molar-refractivity contribution in [1.82, 2.24) is 0 Å². The van der Waals surface area contributed by atoms with Gasteiger partial charge in [-0.05, 0) is 18.1 Å². The van der Waals surface area contributed by atoms with Gasteiger partial charge in [0.15, 0.2) is 0 Å². The third-order valence-electron chi connectivity index (χ3n) is 1.92. The minimum atomic E-state index is 0.535. The van der Waals surface area contributed by atoms with E-state index in [0.717, 1.165) is 24.6 Å². The molecule has 0 heterocycles. The predicted molar refractivity (Wildman–Crippen MR) is 64.3 cm³/mol. The molecule has 0 amide bonds. The number of hydrogen-bond donors (Lipinski definition) is 2. The first-order valence-corrected chi connectivity index (χ1v) is 5.39. The predicted octanol–water partition coefficient (Wildman–Crippen LogP) is 2.09. The Morgan fingerprint density at radius 1 is 1.33 bits per heavy atom. The van der Waals surface area contributed by atoms with Crippen LogP contribution in [0.4, 0.5) is 5.69 Å². The van der Waals surface area contributed by atoms with Crippen molar-refractivity contribution >= 4 is 5.69 Å². The van der Waals surface area contributed by atoms with Crippen LogP contribution in [0.15, 0.2) is 24.3 Å². The molecule has 0 bridgehead atoms. The van der Waals surface area contributed by atoms with E-state index in [-0.39, 0.29) is 0 Å². The number of para-hydroxylation sites is 2. The normalized spacial score (nSPS) is 10.4. The van der Waals surface area contributed by atoms with E-state index in [1.165, 1.54) is 0 Å². The number of hydrogen-bond acceptors (Lipinski definition) is 3. The lowest BCUT2D eigenvalue weighted by atomic mass is 10.2. The van der Waals surface area contributed by atoms with Crippen molar-refractivity contribution in [2.75, 3.05) is 25.0 Å². The van der Waals surface area contributed by atoms with Crippen LogP contribution in [0.1, 0.15) is 13.8 Å². The van der Waals surface area contributed by atoms with Gasteiger partial charge in [-0.2, -0.15) is 0 Å². The summed E-state index contributed by atoms with van der Waals surface area (Å²) >= 11 is 0. The molecular weight excluding hydrogens is 188 g/mol. The first kappa shape index (κ1) is 11.9. The fourth-order valence-electron chi connectivity index (χ4n) is 1.20. The van der Waals surface area contributed by atoms with E-state index in [2.05, 4.69) is 19.2 Å². The maximum atomic E-state index is 5.69. The third kappa shape index (κ3) is 4.21. The fourth-order valence-corrected chi connectivity index (χ4v) is 1.20. The van der Waals surface area contributed by atoms with Gasteiger partial charge in [0.2, 0.25) is 0 Å². The minimum Gasteiger partial charge on any atom is -0.491 e. The SMILES string of the molecule is CC(C)COc1ccccc1NCCN. The molecule has 0 atom stereocenters. The monoisotopic (exact) mass is 208 g/mol. The Kier molecular flexibility index (Phi) is 4.98. The van der Waals surface area contributed by atoms with Crippen molar-refractivity contribution in [3.63, 3.8) is 0 Å². The number of nitrogens with one attached hydrogen (secondary N) is 1. The van der Waals surface area contributed by atoms with Crippen LogP contribution in [-0.4, -0.2) is 19.7 Å². The smallest absolute Gasteiger partial charge is 0.142 e. The third-order valence-corrected chi connectivity index (χ3v) is 1.92. The average Bonchev–Trinajstić information content (AvgIpc) is 2.24. The molecule has 0 aliphatic rings. The number of benzene rings is 1. The number of nitrogens with two attached hydrogens (primary N) is 1. The van der Waals surface area contributed by atoms with E-state index in [1.807, 2.05) is 24.3 Å². The van der Waals surface area contributed by atoms with Crippen LogP contribution in [0, 0.1) is 5.92 Å². The molecule has 84 valence electrons. The Balaban J connectivity index is 2.59. The molecule has 3 nitrogen and oxygen atoms in total. The Morgan fingerprint density at radius 2 is 2.07 bits per heavy atom. The zero-order valence-electron chi connectivity index (χ0n) is 9.49. The molecule has 0 saturated carbocycles. The molecule has 1 rings (SSSR count). The van der Waals surface area contributed by atoms with Gasteiger partial charge in [-0.15, -0.1) is 0 Å². The first-order chi connectivity index (χ1) is 7.24. The Hall–Kier alpha value is -1.22. The standard InChI is InChI=1S/C12H20N2O/c1-10(2)9-15-12-6-4-3-5-11(12)14-8-7-13/h3-6,10,14H,7-9,13H2,1-2H3. The van der Waals surface area contributed by atoms with Crippen LogP contribution in [-0.2, 0) is 0 Å². The zero-order chi connectivity index (χ0) is 11.1. The van der Waals surface area contributed by atoms with Gasteiger partial charge in [-0.25, -0.2) is 0 Å². The molecule has 15 heavy (non-hydrogen) atoms. The van der Waals surface area contributed by atoms with Gasteiger partial charge in [0, 0.05) is 13.1 Å². The van der Waals surface area contributed by atoms with E-state index in [1.54, 1.807) is 0 Å². The van der Waals surface area contributed by atoms with Gasteiger partial charge in [-0.1, -0.05) is 26.0 Å². The van der Waals surface area contributed by atoms with E-state index in [4.69, 9.17) is 10.5 Å². The highest BCUT2D eigenvalue weighted by Crippen LogP contribution is 2.23. The van der Waals surface area contributed by atoms with Gasteiger partial charge < -0.3 is 15.8 Å². The Bertz CT molecular complexity index is 287. The lowest BCUT2D eigenvalue weighted by molar-refractivity contribution is 0.272. The summed E-state index contributed by atoms with van der Waals surface area (Å²) < 4.78 is 5.69. The molecule has 1 aromatic rings. The van der Waals surface area contributed by atoms with Crippen LogP contribution in [0.5, 0.6) is 5.75 Å². The summed E-state index contributed by atoms with van der Waals surface area (Å²) in [6.45, 7) is 6.40. The second kappa shape index (κ2) is 6.30. The molecule has 0 aliphatic heterocycles. The van der Waals surface area contributed by atoms with Crippen LogP contribution in [0.2, 0.25) is 0 Å². The Morgan fingerprint density at radius 3 is 2.73 bits per heavy atom. The van der Waals surface area contributed by atoms with Gasteiger partial charge in [0.05, 0.1) is 12.3 Å². The lowest BCUT2D eigenvalue weighted by Gasteiger charge is -2.13. The van der Waals surface area contributed by atoms with Crippen molar-refractivity contribution in [3.05, 3.63) is 24.3 Å². The second-order valence-corrected chi connectivity index (χ2v) is 3.92. The maximum absolute atomic E-state index is 5.69. The summed E-state index contributed by atoms with van der Waals surface area (Å²) in [6.07, 6.45) is 0. The molecule has 0 radical (unpaired) electrons. The fraction of sp³-hybridized carbons (Fsp3) is 0.500. The average molecular weight is 208 g/mol. The molecule has 0 fully saturated rings. The molecular formula is C12H20N2O. The number of rotatable bonds is 6. The lowest BCUT2D eigenvalue weighted by Crippen LogP contribution is -2.14. The second-order valence-electron chi connectivity index (χ2n) is 3.92. The van der Waals surface area contributed by atoms with E-state index >= 15 is 0 Å². The Labute approximate surface area is 91.6 Å². The highest BCUT2D eigenvalue weighted by Gasteiger charge is 2.02. The van der Waals surface area contributed by atoms with E-state index in [9.17, 15) is 0 Å². The van der Waals surface area contributed by atoms with Crippen LogP contribution in [0.3, 0.4) is 0 Å². The molecule has 0 spiro atoms. The van der Waals surface area contributed by atoms with Gasteiger partial charge in [0.1, 0.15) is 5.75 Å². The minimum absolute atomic E-state index is 0.535. The largest absolute Gasteiger partial charge is 0.491 e. The van der Waals surface area contributed by atoms with Crippen LogP contribution in [0.25, 0.3) is 0 Å². The van der Waals surface area contributed by atoms with Crippen LogP contribution >= 0.6 is 0 Å². The van der Waals surface area contributed by atoms with Crippen molar-refractivity contribution < 1.29 is 4.74 Å². The van der Waals surface area contributed by atoms with Gasteiger partial charge >= 0.3 is 0 Å². The highest BCUT2D eigenvalue weighted by atomic mass is 16.5. The van der Waals surface area contributed by atoms with Crippen molar-refractivity contribution in [3.8, 4) is 5.75 Å². The molecule has 0 aromatic heterocycles. The first-order valence-electron chi connectivity index (χ1n) is 5.39. The molecule has 3 N–H and O–H groups in total. The molecule has 0 saturated heterocycles. The van der Waals surface area contributed by atoms with Crippen molar-refractivity contribution in [2.45, 2.75) is 13.8 Å². The number of anilines is 1. The van der Waals surface area contributed by atoms with E-state index < -0.39 is 0 Å². The highest BCUT2D eigenvalue weighted by molar-refractivity contribution is 5.56. The summed E-state index contributed by atoms with van der Waals surface area (Å²) in [5.74, 6) is 1.44. The number of ether oxygens (including phenoxy) is 1. The van der Waals surface area contributed by atoms with Crippen molar-refractivity contribution in [2.24, 2.45) is 11.7 Å². The topological polar surface area (TPSA) is 47.3 Å². The van der Waals surface area contributed by atoms with Crippen molar-refractivity contribution in [1.29, 1.82) is 0 Å². The summed E-state index contributed by atoms with van der Waals surface area (Å²) in [6, 6.07) is 7.94. The van der Waals surface area contributed by atoms with E-state index in [0.29, 0.717) is 12.5 Å². The summed E-state index contributed by atoms with van der Waals surface area (Å²) in [7, 11) is 0. The zero-order valence-corrected chi connectivity index (χ0v) is 9.49. The van der Waals surface area contributed by atoms with Gasteiger partial charge in [-0.3, -0.25) is 0 Å². The summed E-state index contributed by atoms with van der Waals surface area (Å²) in [4.78, 5) is 0. The van der Waals surface area contributed by atoms with Gasteiger partial charge in [0.25, 0.3) is 0 Å². The maximum Gasteiger partial charge on any atom is 0.142 e. The summed E-state index contributed by atoms with van der Waals surface area (Å²) in [5.41, 5.74) is 6.46.